The van der Waals surface area contributed by atoms with Crippen LogP contribution in [0.2, 0.25) is 0 Å². The molecule has 0 amide bonds. The van der Waals surface area contributed by atoms with E-state index >= 15 is 0 Å². The highest BCUT2D eigenvalue weighted by atomic mass is 32.2. The standard InChI is InChI=1S/C15H12FNOS/c16-15-7-11(8-17)4-5-13(15)10-19-14-3-1-2-12(6-14)9-18/h1-7,18H,9-10H2. The molecule has 0 fully saturated rings. The molecule has 2 aromatic carbocycles. The second kappa shape index (κ2) is 6.37. The number of rotatable bonds is 4. The van der Waals surface area contributed by atoms with Crippen molar-refractivity contribution in [1.82, 2.24) is 0 Å². The van der Waals surface area contributed by atoms with Crippen molar-refractivity contribution in [2.24, 2.45) is 0 Å². The average molecular weight is 273 g/mol. The Balaban J connectivity index is 2.08. The molecule has 19 heavy (non-hydrogen) atoms. The first-order valence-electron chi connectivity index (χ1n) is 5.74. The summed E-state index contributed by atoms with van der Waals surface area (Å²) in [6.07, 6.45) is 0. The third-order valence-electron chi connectivity index (χ3n) is 2.66. The van der Waals surface area contributed by atoms with E-state index in [4.69, 9.17) is 10.4 Å². The van der Waals surface area contributed by atoms with Crippen LogP contribution in [0.3, 0.4) is 0 Å². The molecule has 1 N–H and O–H groups in total. The van der Waals surface area contributed by atoms with Gasteiger partial charge in [-0.05, 0) is 35.4 Å². The van der Waals surface area contributed by atoms with Crippen LogP contribution < -0.4 is 0 Å². The van der Waals surface area contributed by atoms with Gasteiger partial charge in [-0.2, -0.15) is 5.26 Å². The Morgan fingerprint density at radius 3 is 2.74 bits per heavy atom. The van der Waals surface area contributed by atoms with Crippen molar-refractivity contribution < 1.29 is 9.50 Å². The van der Waals surface area contributed by atoms with Gasteiger partial charge >= 0.3 is 0 Å². The maximum absolute atomic E-state index is 13.7. The van der Waals surface area contributed by atoms with E-state index in [2.05, 4.69) is 0 Å². The number of nitriles is 1. The normalized spacial score (nSPS) is 10.2. The van der Waals surface area contributed by atoms with Crippen molar-refractivity contribution in [3.8, 4) is 6.07 Å². The zero-order valence-electron chi connectivity index (χ0n) is 10.1. The fourth-order valence-electron chi connectivity index (χ4n) is 1.63. The third kappa shape index (κ3) is 3.57. The van der Waals surface area contributed by atoms with Gasteiger partial charge in [0.05, 0.1) is 18.2 Å². The molecule has 0 saturated carbocycles. The minimum Gasteiger partial charge on any atom is -0.392 e. The van der Waals surface area contributed by atoms with Crippen LogP contribution >= 0.6 is 11.8 Å². The minimum absolute atomic E-state index is 0.000370. The number of nitrogens with zero attached hydrogens (tertiary/aromatic N) is 1. The van der Waals surface area contributed by atoms with Gasteiger partial charge in [0, 0.05) is 10.6 Å². The summed E-state index contributed by atoms with van der Waals surface area (Å²) in [5.74, 6) is 0.136. The van der Waals surface area contributed by atoms with Gasteiger partial charge in [0.2, 0.25) is 0 Å². The summed E-state index contributed by atoms with van der Waals surface area (Å²) in [6.45, 7) is -0.000370. The maximum Gasteiger partial charge on any atom is 0.128 e. The number of hydrogen-bond acceptors (Lipinski definition) is 3. The van der Waals surface area contributed by atoms with Crippen molar-refractivity contribution in [3.05, 3.63) is 65.0 Å². The summed E-state index contributed by atoms with van der Waals surface area (Å²) in [5.41, 5.74) is 1.73. The molecular weight excluding hydrogens is 261 g/mol. The molecule has 2 rings (SSSR count). The van der Waals surface area contributed by atoms with Crippen LogP contribution in [0.4, 0.5) is 4.39 Å². The van der Waals surface area contributed by atoms with Crippen LogP contribution in [-0.4, -0.2) is 5.11 Å². The van der Waals surface area contributed by atoms with Crippen LogP contribution in [-0.2, 0) is 12.4 Å². The van der Waals surface area contributed by atoms with Gasteiger partial charge in [0.1, 0.15) is 5.82 Å². The lowest BCUT2D eigenvalue weighted by atomic mass is 10.1. The van der Waals surface area contributed by atoms with Gasteiger partial charge in [-0.1, -0.05) is 18.2 Å². The minimum atomic E-state index is -0.357. The predicted octanol–water partition coefficient (Wildman–Crippen LogP) is 3.48. The van der Waals surface area contributed by atoms with Crippen LogP contribution in [0, 0.1) is 17.1 Å². The Morgan fingerprint density at radius 1 is 1.21 bits per heavy atom. The molecule has 2 nitrogen and oxygen atoms in total. The molecule has 0 saturated heterocycles. The molecule has 0 unspecified atom stereocenters. The topological polar surface area (TPSA) is 44.0 Å². The Hall–Kier alpha value is -1.83. The summed E-state index contributed by atoms with van der Waals surface area (Å²) in [6, 6.07) is 13.9. The number of benzene rings is 2. The van der Waals surface area contributed by atoms with Gasteiger partial charge in [0.15, 0.2) is 0 Å². The molecule has 0 aromatic heterocycles. The molecule has 0 atom stereocenters. The predicted molar refractivity (Wildman–Crippen MR) is 73.0 cm³/mol. The molecule has 0 spiro atoms. The smallest absolute Gasteiger partial charge is 0.128 e. The van der Waals surface area contributed by atoms with E-state index in [1.807, 2.05) is 30.3 Å². The average Bonchev–Trinajstić information content (AvgIpc) is 2.46. The quantitative estimate of drug-likeness (QED) is 0.867. The molecule has 0 bridgehead atoms. The van der Waals surface area contributed by atoms with Gasteiger partial charge in [-0.15, -0.1) is 11.8 Å². The highest BCUT2D eigenvalue weighted by Crippen LogP contribution is 2.25. The van der Waals surface area contributed by atoms with E-state index in [1.54, 1.807) is 12.1 Å². The highest BCUT2D eigenvalue weighted by Gasteiger charge is 2.05. The molecule has 0 radical (unpaired) electrons. The zero-order valence-corrected chi connectivity index (χ0v) is 11.0. The zero-order chi connectivity index (χ0) is 13.7. The fraction of sp³-hybridized carbons (Fsp3) is 0.133. The van der Waals surface area contributed by atoms with Crippen molar-refractivity contribution >= 4 is 11.8 Å². The first kappa shape index (κ1) is 13.6. The third-order valence-corrected chi connectivity index (χ3v) is 3.70. The molecule has 4 heteroatoms. The summed E-state index contributed by atoms with van der Waals surface area (Å²) in [5, 5.41) is 17.7. The Bertz CT molecular complexity index is 622. The van der Waals surface area contributed by atoms with E-state index in [0.29, 0.717) is 16.9 Å². The lowest BCUT2D eigenvalue weighted by Crippen LogP contribution is -1.89. The number of aliphatic hydroxyl groups is 1. The second-order valence-electron chi connectivity index (χ2n) is 4.01. The van der Waals surface area contributed by atoms with Crippen molar-refractivity contribution in [2.45, 2.75) is 17.3 Å². The molecular formula is C15H12FNOS. The van der Waals surface area contributed by atoms with Gasteiger partial charge in [-0.3, -0.25) is 0 Å². The Kier molecular flexibility index (Phi) is 4.56. The van der Waals surface area contributed by atoms with Crippen LogP contribution in [0.5, 0.6) is 0 Å². The molecule has 96 valence electrons. The number of thioether (sulfide) groups is 1. The summed E-state index contributed by atoms with van der Waals surface area (Å²) in [4.78, 5) is 0.982. The second-order valence-corrected chi connectivity index (χ2v) is 5.06. The number of hydrogen-bond donors (Lipinski definition) is 1. The Labute approximate surface area is 115 Å². The van der Waals surface area contributed by atoms with Gasteiger partial charge in [0.25, 0.3) is 0 Å². The summed E-state index contributed by atoms with van der Waals surface area (Å²) < 4.78 is 13.7. The number of aliphatic hydroxyl groups excluding tert-OH is 1. The monoisotopic (exact) mass is 273 g/mol. The molecule has 2 aromatic rings. The lowest BCUT2D eigenvalue weighted by molar-refractivity contribution is 0.281. The molecule has 0 aliphatic rings. The molecule has 0 aliphatic heterocycles. The van der Waals surface area contributed by atoms with Gasteiger partial charge in [-0.25, -0.2) is 4.39 Å². The largest absolute Gasteiger partial charge is 0.392 e. The summed E-state index contributed by atoms with van der Waals surface area (Å²) >= 11 is 1.50. The lowest BCUT2D eigenvalue weighted by Gasteiger charge is -2.05. The van der Waals surface area contributed by atoms with Crippen molar-refractivity contribution in [2.75, 3.05) is 0 Å². The van der Waals surface area contributed by atoms with E-state index in [9.17, 15) is 4.39 Å². The SMILES string of the molecule is N#Cc1ccc(CSc2cccc(CO)c2)c(F)c1. The summed E-state index contributed by atoms with van der Waals surface area (Å²) in [7, 11) is 0. The van der Waals surface area contributed by atoms with E-state index in [-0.39, 0.29) is 12.4 Å². The fourth-order valence-corrected chi connectivity index (χ4v) is 2.59. The van der Waals surface area contributed by atoms with Gasteiger partial charge < -0.3 is 5.11 Å². The molecule has 0 aliphatic carbocycles. The van der Waals surface area contributed by atoms with E-state index in [0.717, 1.165) is 10.5 Å². The first-order chi connectivity index (χ1) is 9.22. The van der Waals surface area contributed by atoms with E-state index in [1.165, 1.54) is 17.8 Å². The maximum atomic E-state index is 13.7. The Morgan fingerprint density at radius 2 is 2.05 bits per heavy atom. The van der Waals surface area contributed by atoms with Crippen molar-refractivity contribution in [3.63, 3.8) is 0 Å². The van der Waals surface area contributed by atoms with Crippen LogP contribution in [0.25, 0.3) is 0 Å². The highest BCUT2D eigenvalue weighted by molar-refractivity contribution is 7.98. The van der Waals surface area contributed by atoms with Crippen molar-refractivity contribution in [1.29, 1.82) is 5.26 Å². The van der Waals surface area contributed by atoms with E-state index < -0.39 is 0 Å². The molecule has 0 heterocycles. The number of halogens is 1. The van der Waals surface area contributed by atoms with Crippen LogP contribution in [0.15, 0.2) is 47.4 Å². The first-order valence-corrected chi connectivity index (χ1v) is 6.72. The van der Waals surface area contributed by atoms with Crippen LogP contribution in [0.1, 0.15) is 16.7 Å².